The van der Waals surface area contributed by atoms with Gasteiger partial charge in [-0.3, -0.25) is 0 Å². The highest BCUT2D eigenvalue weighted by molar-refractivity contribution is 5.30. The molecule has 5 nitrogen and oxygen atoms in total. The highest BCUT2D eigenvalue weighted by Gasteiger charge is 2.10. The molecule has 0 saturated heterocycles. The molecule has 0 radical (unpaired) electrons. The van der Waals surface area contributed by atoms with Crippen molar-refractivity contribution in [2.45, 2.75) is 39.3 Å². The molecule has 0 aliphatic heterocycles. The van der Waals surface area contributed by atoms with Gasteiger partial charge in [0.05, 0.1) is 0 Å². The van der Waals surface area contributed by atoms with E-state index in [0.717, 1.165) is 11.3 Å². The number of ether oxygens (including phenoxy) is 1. The fraction of sp³-hybridized carbons (Fsp3) is 0.429. The molecule has 0 spiro atoms. The van der Waals surface area contributed by atoms with Gasteiger partial charge in [0, 0.05) is 12.0 Å². The topological polar surface area (TPSA) is 74.2 Å². The molecule has 102 valence electrons. The van der Waals surface area contributed by atoms with Crippen LogP contribution in [0.5, 0.6) is 5.75 Å². The van der Waals surface area contributed by atoms with Crippen LogP contribution >= 0.6 is 0 Å². The summed E-state index contributed by atoms with van der Waals surface area (Å²) < 4.78 is 10.7. The Labute approximate surface area is 112 Å². The molecule has 19 heavy (non-hydrogen) atoms. The van der Waals surface area contributed by atoms with Crippen molar-refractivity contribution in [3.05, 3.63) is 41.5 Å². The normalized spacial score (nSPS) is 12.7. The predicted molar refractivity (Wildman–Crippen MR) is 71.8 cm³/mol. The first-order chi connectivity index (χ1) is 9.06. The molecule has 1 heterocycles. The summed E-state index contributed by atoms with van der Waals surface area (Å²) in [5.74, 6) is 2.18. The Kier molecular flexibility index (Phi) is 4.16. The summed E-state index contributed by atoms with van der Waals surface area (Å²) in [6, 6.07) is 7.68. The van der Waals surface area contributed by atoms with Gasteiger partial charge in [-0.15, -0.1) is 0 Å². The van der Waals surface area contributed by atoms with Crippen LogP contribution in [0.4, 0.5) is 0 Å². The van der Waals surface area contributed by atoms with Crippen LogP contribution in [0.15, 0.2) is 28.8 Å². The fourth-order valence-corrected chi connectivity index (χ4v) is 1.59. The predicted octanol–water partition coefficient (Wildman–Crippen LogP) is 2.79. The van der Waals surface area contributed by atoms with Crippen molar-refractivity contribution in [3.8, 4) is 5.75 Å². The van der Waals surface area contributed by atoms with Gasteiger partial charge in [-0.25, -0.2) is 0 Å². The Morgan fingerprint density at radius 3 is 2.74 bits per heavy atom. The van der Waals surface area contributed by atoms with Gasteiger partial charge in [-0.1, -0.05) is 31.1 Å². The average Bonchev–Trinajstić information content (AvgIpc) is 2.85. The number of nitrogens with zero attached hydrogens (tertiary/aromatic N) is 2. The van der Waals surface area contributed by atoms with Crippen LogP contribution in [0.25, 0.3) is 0 Å². The Bertz CT molecular complexity index is 535. The molecule has 0 unspecified atom stereocenters. The van der Waals surface area contributed by atoms with Gasteiger partial charge in [-0.05, 0) is 24.6 Å². The third-order valence-electron chi connectivity index (χ3n) is 2.75. The van der Waals surface area contributed by atoms with Crippen LogP contribution in [-0.2, 0) is 6.61 Å². The number of hydrogen-bond acceptors (Lipinski definition) is 5. The van der Waals surface area contributed by atoms with E-state index in [-0.39, 0.29) is 18.6 Å². The van der Waals surface area contributed by atoms with Gasteiger partial charge >= 0.3 is 0 Å². The first-order valence-corrected chi connectivity index (χ1v) is 6.37. The first-order valence-electron chi connectivity index (χ1n) is 6.37. The van der Waals surface area contributed by atoms with E-state index < -0.39 is 0 Å². The molecule has 1 aromatic heterocycles. The zero-order valence-corrected chi connectivity index (χ0v) is 11.5. The Hall–Kier alpha value is -1.88. The van der Waals surface area contributed by atoms with E-state index in [4.69, 9.17) is 15.0 Å². The molecule has 2 N–H and O–H groups in total. The number of hydrogen-bond donors (Lipinski definition) is 1. The van der Waals surface area contributed by atoms with Crippen molar-refractivity contribution in [1.82, 2.24) is 10.1 Å². The van der Waals surface area contributed by atoms with Crippen LogP contribution < -0.4 is 10.5 Å². The van der Waals surface area contributed by atoms with E-state index >= 15 is 0 Å². The second kappa shape index (κ2) is 5.84. The second-order valence-electron chi connectivity index (χ2n) is 4.85. The Balaban J connectivity index is 1.99. The summed E-state index contributed by atoms with van der Waals surface area (Å²) in [5, 5.41) is 3.89. The third-order valence-corrected chi connectivity index (χ3v) is 2.75. The second-order valence-corrected chi connectivity index (χ2v) is 4.85. The van der Waals surface area contributed by atoms with Crippen molar-refractivity contribution >= 4 is 0 Å². The zero-order chi connectivity index (χ0) is 13.8. The minimum Gasteiger partial charge on any atom is -0.484 e. The lowest BCUT2D eigenvalue weighted by Crippen LogP contribution is -2.05. The molecule has 1 aromatic carbocycles. The van der Waals surface area contributed by atoms with E-state index in [1.165, 1.54) is 0 Å². The Morgan fingerprint density at radius 2 is 2.11 bits per heavy atom. The van der Waals surface area contributed by atoms with Crippen molar-refractivity contribution in [3.63, 3.8) is 0 Å². The smallest absolute Gasteiger partial charge is 0.264 e. The maximum absolute atomic E-state index is 5.83. The summed E-state index contributed by atoms with van der Waals surface area (Å²) in [4.78, 5) is 4.25. The number of benzene rings is 1. The van der Waals surface area contributed by atoms with E-state index in [1.54, 1.807) is 0 Å². The maximum Gasteiger partial charge on any atom is 0.264 e. The van der Waals surface area contributed by atoms with E-state index in [2.05, 4.69) is 10.1 Å². The molecule has 0 fully saturated rings. The lowest BCUT2D eigenvalue weighted by atomic mass is 10.1. The van der Waals surface area contributed by atoms with Crippen LogP contribution in [-0.4, -0.2) is 10.1 Å². The monoisotopic (exact) mass is 261 g/mol. The quantitative estimate of drug-likeness (QED) is 0.895. The van der Waals surface area contributed by atoms with Gasteiger partial charge in [0.25, 0.3) is 5.89 Å². The molecule has 0 aliphatic rings. The van der Waals surface area contributed by atoms with Crippen molar-refractivity contribution < 1.29 is 9.26 Å². The lowest BCUT2D eigenvalue weighted by Gasteiger charge is -2.08. The molecule has 0 bridgehead atoms. The van der Waals surface area contributed by atoms with Gasteiger partial charge in [0.15, 0.2) is 12.4 Å². The molecular formula is C14H19N3O2. The molecule has 2 rings (SSSR count). The van der Waals surface area contributed by atoms with E-state index in [1.807, 2.05) is 45.0 Å². The zero-order valence-electron chi connectivity index (χ0n) is 11.5. The molecule has 0 aliphatic carbocycles. The average molecular weight is 261 g/mol. The highest BCUT2D eigenvalue weighted by Crippen LogP contribution is 2.19. The standard InChI is InChI=1S/C14H19N3O2/c1-9(2)14-16-13(19-17-14)8-18-12-6-4-5-11(7-12)10(3)15/h4-7,9-10H,8,15H2,1-3H3/t10-/m1/s1. The molecule has 0 amide bonds. The van der Waals surface area contributed by atoms with Gasteiger partial charge in [0.2, 0.25) is 0 Å². The molecule has 5 heteroatoms. The molecule has 1 atom stereocenters. The number of rotatable bonds is 5. The van der Waals surface area contributed by atoms with Gasteiger partial charge < -0.3 is 15.0 Å². The summed E-state index contributed by atoms with van der Waals surface area (Å²) in [6.45, 7) is 6.23. The highest BCUT2D eigenvalue weighted by atomic mass is 16.5. The minimum absolute atomic E-state index is 0.0144. The van der Waals surface area contributed by atoms with E-state index in [9.17, 15) is 0 Å². The summed E-state index contributed by atoms with van der Waals surface area (Å²) in [5.41, 5.74) is 6.86. The van der Waals surface area contributed by atoms with E-state index in [0.29, 0.717) is 11.7 Å². The Morgan fingerprint density at radius 1 is 1.32 bits per heavy atom. The van der Waals surface area contributed by atoms with Crippen molar-refractivity contribution in [2.75, 3.05) is 0 Å². The van der Waals surface area contributed by atoms with Crippen molar-refractivity contribution in [1.29, 1.82) is 0 Å². The number of aromatic nitrogens is 2. The summed E-state index contributed by atoms with van der Waals surface area (Å²) >= 11 is 0. The third kappa shape index (κ3) is 3.54. The molecule has 2 aromatic rings. The van der Waals surface area contributed by atoms with Crippen LogP contribution in [0, 0.1) is 0 Å². The van der Waals surface area contributed by atoms with Crippen molar-refractivity contribution in [2.24, 2.45) is 5.73 Å². The fourth-order valence-electron chi connectivity index (χ4n) is 1.59. The lowest BCUT2D eigenvalue weighted by molar-refractivity contribution is 0.242. The summed E-state index contributed by atoms with van der Waals surface area (Å²) in [7, 11) is 0. The number of nitrogens with two attached hydrogens (primary N) is 1. The summed E-state index contributed by atoms with van der Waals surface area (Å²) in [6.07, 6.45) is 0. The van der Waals surface area contributed by atoms with Crippen LogP contribution in [0.3, 0.4) is 0 Å². The molecular weight excluding hydrogens is 242 g/mol. The van der Waals surface area contributed by atoms with Crippen LogP contribution in [0.1, 0.15) is 50.0 Å². The first kappa shape index (κ1) is 13.5. The molecule has 0 saturated carbocycles. The van der Waals surface area contributed by atoms with Crippen LogP contribution in [0.2, 0.25) is 0 Å². The van der Waals surface area contributed by atoms with Gasteiger partial charge in [0.1, 0.15) is 5.75 Å². The maximum atomic E-state index is 5.83. The minimum atomic E-state index is -0.0144. The SMILES string of the molecule is CC(C)c1noc(COc2cccc([C@@H](C)N)c2)n1. The van der Waals surface area contributed by atoms with Gasteiger partial charge in [-0.2, -0.15) is 4.98 Å². The largest absolute Gasteiger partial charge is 0.484 e.